The van der Waals surface area contributed by atoms with Crippen molar-refractivity contribution in [1.29, 1.82) is 0 Å². The first-order valence-corrected chi connectivity index (χ1v) is 12.3. The number of nitrogens with zero attached hydrogens (tertiary/aromatic N) is 2. The lowest BCUT2D eigenvalue weighted by molar-refractivity contribution is -0.138. The predicted molar refractivity (Wildman–Crippen MR) is 121 cm³/mol. The molecule has 34 heavy (non-hydrogen) atoms. The van der Waals surface area contributed by atoms with Gasteiger partial charge in [-0.3, -0.25) is 4.79 Å². The van der Waals surface area contributed by atoms with Gasteiger partial charge in [0.05, 0.1) is 44.0 Å². The second kappa shape index (κ2) is 9.07. The van der Waals surface area contributed by atoms with E-state index < -0.39 is 36.6 Å². The molecule has 3 amide bonds. The molecule has 3 atom stereocenters. The number of ether oxygens (including phenoxy) is 2. The molecule has 1 aromatic carbocycles. The Morgan fingerprint density at radius 2 is 1.88 bits per heavy atom. The van der Waals surface area contributed by atoms with E-state index in [2.05, 4.69) is 29.6 Å². The summed E-state index contributed by atoms with van der Waals surface area (Å²) in [5.74, 6) is -2.53. The van der Waals surface area contributed by atoms with Crippen molar-refractivity contribution < 1.29 is 27.8 Å². The van der Waals surface area contributed by atoms with Crippen LogP contribution in [0.5, 0.6) is 0 Å². The molecule has 0 unspecified atom stereocenters. The first-order valence-electron chi connectivity index (χ1n) is 12.3. The Morgan fingerprint density at radius 3 is 2.53 bits per heavy atom. The molecule has 1 saturated carbocycles. The molecular weight excluding hydrogens is 444 g/mol. The smallest absolute Gasteiger partial charge is 0.321 e. The minimum Gasteiger partial charge on any atom is -0.376 e. The molecule has 7 nitrogen and oxygen atoms in total. The van der Waals surface area contributed by atoms with Crippen LogP contribution >= 0.6 is 0 Å². The van der Waals surface area contributed by atoms with E-state index in [0.29, 0.717) is 12.3 Å². The summed E-state index contributed by atoms with van der Waals surface area (Å²) in [5.41, 5.74) is 0.591. The van der Waals surface area contributed by atoms with E-state index in [1.807, 2.05) is 13.0 Å². The van der Waals surface area contributed by atoms with Gasteiger partial charge >= 0.3 is 6.03 Å². The standard InChI is InChI=1S/C25H33F2N3O4/c1-17-11-24(16-33-13-22(31)28-24)21(30(17)23(32)29-14-25(26,27)15-29)12-34-20-9-7-19(8-10-20)18-5-3-2-4-6-18/h2-6,17,19-21H,7-16H2,1H3,(H,28,31)/t17-,19?,20?,21+,24-/m1/s1. The van der Waals surface area contributed by atoms with Crippen LogP contribution in [0.15, 0.2) is 30.3 Å². The number of benzene rings is 1. The predicted octanol–water partition coefficient (Wildman–Crippen LogP) is 3.15. The summed E-state index contributed by atoms with van der Waals surface area (Å²) >= 11 is 0. The van der Waals surface area contributed by atoms with Gasteiger partial charge in [0.25, 0.3) is 5.92 Å². The lowest BCUT2D eigenvalue weighted by atomic mass is 9.82. The number of nitrogens with one attached hydrogen (secondary N) is 1. The second-order valence-electron chi connectivity index (χ2n) is 10.4. The van der Waals surface area contributed by atoms with Crippen molar-refractivity contribution in [1.82, 2.24) is 15.1 Å². The fraction of sp³-hybridized carbons (Fsp3) is 0.680. The first-order chi connectivity index (χ1) is 16.3. The average molecular weight is 478 g/mol. The van der Waals surface area contributed by atoms with Crippen LogP contribution in [0.4, 0.5) is 13.6 Å². The molecule has 0 radical (unpaired) electrons. The molecule has 1 spiro atoms. The minimum absolute atomic E-state index is 0.0144. The number of morpholine rings is 1. The summed E-state index contributed by atoms with van der Waals surface area (Å²) in [7, 11) is 0. The molecule has 0 bridgehead atoms. The number of carbonyl (C=O) groups is 2. The van der Waals surface area contributed by atoms with Crippen LogP contribution in [0.3, 0.4) is 0 Å². The van der Waals surface area contributed by atoms with Crippen molar-refractivity contribution in [3.05, 3.63) is 35.9 Å². The number of carbonyl (C=O) groups excluding carboxylic acids is 2. The molecule has 3 aliphatic heterocycles. The highest BCUT2D eigenvalue weighted by Crippen LogP contribution is 2.40. The van der Waals surface area contributed by atoms with Crippen molar-refractivity contribution in [2.75, 3.05) is 32.9 Å². The SMILES string of the molecule is C[C@@H]1C[C@@]2(COCC(=O)N2)[C@H](COC2CCC(c3ccccc3)CC2)N1C(=O)N1CC(F)(F)C1. The molecule has 186 valence electrons. The molecule has 3 heterocycles. The van der Waals surface area contributed by atoms with E-state index in [4.69, 9.17) is 9.47 Å². The van der Waals surface area contributed by atoms with E-state index in [-0.39, 0.29) is 37.9 Å². The maximum atomic E-state index is 13.5. The molecule has 9 heteroatoms. The van der Waals surface area contributed by atoms with Crippen LogP contribution in [0.1, 0.15) is 50.5 Å². The largest absolute Gasteiger partial charge is 0.376 e. The van der Waals surface area contributed by atoms with Gasteiger partial charge in [-0.15, -0.1) is 0 Å². The Labute approximate surface area is 198 Å². The minimum atomic E-state index is -2.83. The maximum Gasteiger partial charge on any atom is 0.321 e. The lowest BCUT2D eigenvalue weighted by Crippen LogP contribution is -2.68. The van der Waals surface area contributed by atoms with Gasteiger partial charge in [0, 0.05) is 6.04 Å². The highest BCUT2D eigenvalue weighted by Gasteiger charge is 2.58. The summed E-state index contributed by atoms with van der Waals surface area (Å²) in [6.07, 6.45) is 4.48. The fourth-order valence-corrected chi connectivity index (χ4v) is 6.19. The maximum absolute atomic E-state index is 13.5. The summed E-state index contributed by atoms with van der Waals surface area (Å²) in [6, 6.07) is 9.38. The van der Waals surface area contributed by atoms with Gasteiger partial charge in [0.2, 0.25) is 5.91 Å². The van der Waals surface area contributed by atoms with Crippen LogP contribution in [0.2, 0.25) is 0 Å². The lowest BCUT2D eigenvalue weighted by Gasteiger charge is -2.45. The molecule has 4 fully saturated rings. The summed E-state index contributed by atoms with van der Waals surface area (Å²) < 4.78 is 38.8. The van der Waals surface area contributed by atoms with Gasteiger partial charge < -0.3 is 24.6 Å². The summed E-state index contributed by atoms with van der Waals surface area (Å²) in [6.45, 7) is 1.26. The number of rotatable bonds is 4. The fourth-order valence-electron chi connectivity index (χ4n) is 6.19. The Kier molecular flexibility index (Phi) is 6.27. The van der Waals surface area contributed by atoms with Gasteiger partial charge in [-0.25, -0.2) is 13.6 Å². The third-order valence-electron chi connectivity index (χ3n) is 7.86. The van der Waals surface area contributed by atoms with Crippen LogP contribution < -0.4 is 5.32 Å². The van der Waals surface area contributed by atoms with Crippen molar-refractivity contribution in [2.45, 2.75) is 74.6 Å². The Bertz CT molecular complexity index is 901. The van der Waals surface area contributed by atoms with Crippen LogP contribution in [0.25, 0.3) is 0 Å². The number of likely N-dealkylation sites (tertiary alicyclic amines) is 2. The Morgan fingerprint density at radius 1 is 1.18 bits per heavy atom. The Balaban J connectivity index is 1.26. The highest BCUT2D eigenvalue weighted by molar-refractivity contribution is 5.80. The van der Waals surface area contributed by atoms with Crippen molar-refractivity contribution >= 4 is 11.9 Å². The topological polar surface area (TPSA) is 71.1 Å². The van der Waals surface area contributed by atoms with Gasteiger partial charge in [-0.2, -0.15) is 0 Å². The number of halogens is 2. The molecule has 5 rings (SSSR count). The van der Waals surface area contributed by atoms with Crippen molar-refractivity contribution in [3.8, 4) is 0 Å². The van der Waals surface area contributed by atoms with Gasteiger partial charge in [-0.05, 0) is 50.5 Å². The van der Waals surface area contributed by atoms with Crippen LogP contribution in [0, 0.1) is 0 Å². The van der Waals surface area contributed by atoms with Crippen LogP contribution in [-0.2, 0) is 14.3 Å². The molecular formula is C25H33F2N3O4. The number of alkyl halides is 2. The van der Waals surface area contributed by atoms with E-state index in [1.165, 1.54) is 10.5 Å². The quantitative estimate of drug-likeness (QED) is 0.723. The third kappa shape index (κ3) is 4.52. The molecule has 0 aromatic heterocycles. The molecule has 3 saturated heterocycles. The highest BCUT2D eigenvalue weighted by atomic mass is 19.3. The van der Waals surface area contributed by atoms with E-state index in [1.54, 1.807) is 4.90 Å². The number of amides is 3. The number of urea groups is 1. The Hall–Kier alpha value is -2.26. The van der Waals surface area contributed by atoms with E-state index in [9.17, 15) is 18.4 Å². The zero-order valence-electron chi connectivity index (χ0n) is 19.6. The molecule has 1 aromatic rings. The van der Waals surface area contributed by atoms with Gasteiger partial charge in [-0.1, -0.05) is 30.3 Å². The molecule has 1 N–H and O–H groups in total. The summed E-state index contributed by atoms with van der Waals surface area (Å²) in [5, 5.41) is 3.06. The van der Waals surface area contributed by atoms with Gasteiger partial charge in [0.15, 0.2) is 0 Å². The van der Waals surface area contributed by atoms with E-state index in [0.717, 1.165) is 25.7 Å². The first kappa shape index (κ1) is 23.5. The van der Waals surface area contributed by atoms with Crippen LogP contribution in [-0.4, -0.2) is 84.3 Å². The zero-order chi connectivity index (χ0) is 23.9. The zero-order valence-corrected chi connectivity index (χ0v) is 19.6. The second-order valence-corrected chi connectivity index (χ2v) is 10.4. The third-order valence-corrected chi connectivity index (χ3v) is 7.86. The van der Waals surface area contributed by atoms with Gasteiger partial charge in [0.1, 0.15) is 6.61 Å². The molecule has 4 aliphatic rings. The molecule has 1 aliphatic carbocycles. The normalized spacial score (nSPS) is 35.2. The average Bonchev–Trinajstić information content (AvgIpc) is 3.06. The number of hydrogen-bond acceptors (Lipinski definition) is 4. The van der Waals surface area contributed by atoms with Crippen molar-refractivity contribution in [3.63, 3.8) is 0 Å². The van der Waals surface area contributed by atoms with Crippen molar-refractivity contribution in [2.24, 2.45) is 0 Å². The summed E-state index contributed by atoms with van der Waals surface area (Å²) in [4.78, 5) is 28.2. The monoisotopic (exact) mass is 477 g/mol. The van der Waals surface area contributed by atoms with E-state index >= 15 is 0 Å². The number of hydrogen-bond donors (Lipinski definition) is 1.